The van der Waals surface area contributed by atoms with Gasteiger partial charge in [0.1, 0.15) is 11.9 Å². The van der Waals surface area contributed by atoms with Crippen molar-refractivity contribution in [2.24, 2.45) is 0 Å². The van der Waals surface area contributed by atoms with Crippen LogP contribution in [0.2, 0.25) is 0 Å². The van der Waals surface area contributed by atoms with E-state index in [-0.39, 0.29) is 17.3 Å². The Kier molecular flexibility index (Phi) is 2.22. The minimum Gasteiger partial charge on any atom is -0.508 e. The summed E-state index contributed by atoms with van der Waals surface area (Å²) in [4.78, 5) is 0. The van der Waals surface area contributed by atoms with Crippen LogP contribution in [0.25, 0.3) is 0 Å². The van der Waals surface area contributed by atoms with E-state index in [4.69, 9.17) is 4.74 Å². The highest BCUT2D eigenvalue weighted by Gasteiger charge is 2.54. The minimum atomic E-state index is -1.06. The van der Waals surface area contributed by atoms with E-state index < -0.39 is 5.79 Å². The van der Waals surface area contributed by atoms with Crippen molar-refractivity contribution < 1.29 is 14.9 Å². The molecule has 1 saturated heterocycles. The first-order valence-electron chi connectivity index (χ1n) is 6.03. The number of phenols is 1. The van der Waals surface area contributed by atoms with E-state index in [1.165, 1.54) is 0 Å². The summed E-state index contributed by atoms with van der Waals surface area (Å²) in [5, 5.41) is 19.1. The summed E-state index contributed by atoms with van der Waals surface area (Å²) in [5.74, 6) is -0.795. The number of ether oxygens (including phenoxy) is 1. The van der Waals surface area contributed by atoms with Crippen molar-refractivity contribution in [2.45, 2.75) is 31.2 Å². The maximum atomic E-state index is 9.75. The fourth-order valence-electron chi connectivity index (χ4n) is 2.35. The molecule has 2 atom stereocenters. The minimum absolute atomic E-state index is 0.183. The second-order valence-electron chi connectivity index (χ2n) is 5.42. The molecule has 1 aliphatic carbocycles. The molecule has 2 N–H and O–H groups in total. The molecular weight excluding hydrogens is 228 g/mol. The number of aromatic hydroxyl groups is 1. The third-order valence-electron chi connectivity index (χ3n) is 3.81. The molecule has 1 heterocycles. The molecule has 1 fully saturated rings. The largest absolute Gasteiger partial charge is 0.508 e. The number of aliphatic hydroxyl groups is 1. The standard InChI is InChI=1S/C15H16O3/c1-14(2,10-3-5-12(16)6-4-10)11-7-8-15(17)13(9-11)18-15/h3-9,13,16-17H,1-2H3. The summed E-state index contributed by atoms with van der Waals surface area (Å²) in [7, 11) is 0. The average Bonchev–Trinajstić information content (AvgIpc) is 3.00. The Morgan fingerprint density at radius 1 is 1.22 bits per heavy atom. The Bertz CT molecular complexity index is 539. The molecule has 18 heavy (non-hydrogen) atoms. The van der Waals surface area contributed by atoms with Gasteiger partial charge in [0.15, 0.2) is 0 Å². The van der Waals surface area contributed by atoms with Gasteiger partial charge in [-0.3, -0.25) is 0 Å². The first-order valence-corrected chi connectivity index (χ1v) is 6.03. The van der Waals surface area contributed by atoms with E-state index in [2.05, 4.69) is 13.8 Å². The van der Waals surface area contributed by atoms with Crippen molar-refractivity contribution in [1.29, 1.82) is 0 Å². The van der Waals surface area contributed by atoms with Crippen molar-refractivity contribution in [1.82, 2.24) is 0 Å². The van der Waals surface area contributed by atoms with Crippen LogP contribution in [0.15, 0.2) is 48.1 Å². The molecule has 3 nitrogen and oxygen atoms in total. The number of allylic oxidation sites excluding steroid dienone is 2. The highest BCUT2D eigenvalue weighted by Crippen LogP contribution is 2.44. The summed E-state index contributed by atoms with van der Waals surface area (Å²) < 4.78 is 5.20. The Morgan fingerprint density at radius 3 is 2.50 bits per heavy atom. The molecule has 1 aromatic rings. The number of benzene rings is 1. The lowest BCUT2D eigenvalue weighted by Gasteiger charge is -2.28. The monoisotopic (exact) mass is 244 g/mol. The zero-order valence-corrected chi connectivity index (χ0v) is 10.4. The number of epoxide rings is 1. The van der Waals surface area contributed by atoms with E-state index in [1.54, 1.807) is 18.2 Å². The number of hydrogen-bond acceptors (Lipinski definition) is 3. The fraction of sp³-hybridized carbons (Fsp3) is 0.333. The van der Waals surface area contributed by atoms with Crippen LogP contribution in [0.1, 0.15) is 19.4 Å². The molecule has 0 radical (unpaired) electrons. The topological polar surface area (TPSA) is 53.0 Å². The second kappa shape index (κ2) is 3.46. The van der Waals surface area contributed by atoms with Crippen LogP contribution in [0.5, 0.6) is 5.75 Å². The van der Waals surface area contributed by atoms with Gasteiger partial charge in [0, 0.05) is 5.41 Å². The van der Waals surface area contributed by atoms with Crippen molar-refractivity contribution in [3.63, 3.8) is 0 Å². The van der Waals surface area contributed by atoms with E-state index in [0.717, 1.165) is 11.1 Å². The third kappa shape index (κ3) is 1.67. The number of rotatable bonds is 2. The predicted octanol–water partition coefficient (Wildman–Crippen LogP) is 2.25. The van der Waals surface area contributed by atoms with Gasteiger partial charge < -0.3 is 14.9 Å². The van der Waals surface area contributed by atoms with E-state index >= 15 is 0 Å². The van der Waals surface area contributed by atoms with Crippen LogP contribution in [0.3, 0.4) is 0 Å². The third-order valence-corrected chi connectivity index (χ3v) is 3.81. The van der Waals surface area contributed by atoms with Crippen molar-refractivity contribution in [2.75, 3.05) is 0 Å². The molecule has 0 saturated carbocycles. The van der Waals surface area contributed by atoms with Crippen molar-refractivity contribution in [3.05, 3.63) is 53.6 Å². The van der Waals surface area contributed by atoms with Crippen molar-refractivity contribution >= 4 is 0 Å². The molecule has 3 heteroatoms. The van der Waals surface area contributed by atoms with E-state index in [0.29, 0.717) is 0 Å². The molecule has 1 aliphatic heterocycles. The molecule has 0 bridgehead atoms. The van der Waals surface area contributed by atoms with Gasteiger partial charge in [-0.25, -0.2) is 0 Å². The predicted molar refractivity (Wildman–Crippen MR) is 68.2 cm³/mol. The molecule has 94 valence electrons. The van der Waals surface area contributed by atoms with Gasteiger partial charge in [-0.15, -0.1) is 0 Å². The molecule has 1 aromatic carbocycles. The molecule has 0 amide bonds. The summed E-state index contributed by atoms with van der Waals surface area (Å²) in [6.45, 7) is 4.23. The van der Waals surface area contributed by atoms with Crippen molar-refractivity contribution in [3.8, 4) is 5.75 Å². The van der Waals surface area contributed by atoms with Crippen LogP contribution in [-0.4, -0.2) is 22.1 Å². The maximum absolute atomic E-state index is 9.75. The Labute approximate surface area is 106 Å². The maximum Gasteiger partial charge on any atom is 0.217 e. The summed E-state index contributed by atoms with van der Waals surface area (Å²) in [5.41, 5.74) is 2.04. The zero-order chi connectivity index (χ0) is 13.0. The van der Waals surface area contributed by atoms with Gasteiger partial charge in [-0.05, 0) is 35.4 Å². The molecule has 0 spiro atoms. The van der Waals surface area contributed by atoms with Gasteiger partial charge in [0.25, 0.3) is 0 Å². The second-order valence-corrected chi connectivity index (χ2v) is 5.42. The van der Waals surface area contributed by atoms with Crippen LogP contribution in [0, 0.1) is 0 Å². The molecule has 0 aromatic heterocycles. The molecule has 2 aliphatic rings. The molecule has 2 unspecified atom stereocenters. The SMILES string of the molecule is CC(C)(C1=CC2OC2(O)C=C1)c1ccc(O)cc1. The quantitative estimate of drug-likeness (QED) is 0.784. The number of hydrogen-bond donors (Lipinski definition) is 2. The Balaban J connectivity index is 1.94. The molecular formula is C15H16O3. The van der Waals surface area contributed by atoms with Crippen LogP contribution >= 0.6 is 0 Å². The number of phenolic OH excluding ortho intramolecular Hbond substituents is 1. The van der Waals surface area contributed by atoms with E-state index in [1.807, 2.05) is 24.3 Å². The Hall–Kier alpha value is -1.58. The van der Waals surface area contributed by atoms with Gasteiger partial charge >= 0.3 is 0 Å². The average molecular weight is 244 g/mol. The highest BCUT2D eigenvalue weighted by atomic mass is 16.7. The lowest BCUT2D eigenvalue weighted by atomic mass is 9.76. The van der Waals surface area contributed by atoms with Gasteiger partial charge in [-0.2, -0.15) is 0 Å². The summed E-state index contributed by atoms with van der Waals surface area (Å²) in [6, 6.07) is 7.21. The number of fused-ring (bicyclic) bond motifs is 1. The summed E-state index contributed by atoms with van der Waals surface area (Å²) in [6.07, 6.45) is 5.37. The van der Waals surface area contributed by atoms with Crippen LogP contribution < -0.4 is 0 Å². The first kappa shape index (κ1) is 11.5. The summed E-state index contributed by atoms with van der Waals surface area (Å²) >= 11 is 0. The van der Waals surface area contributed by atoms with Crippen LogP contribution in [0.4, 0.5) is 0 Å². The first-order chi connectivity index (χ1) is 8.42. The zero-order valence-electron chi connectivity index (χ0n) is 10.4. The molecule has 3 rings (SSSR count). The highest BCUT2D eigenvalue weighted by molar-refractivity contribution is 5.46. The lowest BCUT2D eigenvalue weighted by molar-refractivity contribution is 0.0824. The normalized spacial score (nSPS) is 29.7. The lowest BCUT2D eigenvalue weighted by Crippen LogP contribution is -2.23. The fourth-order valence-corrected chi connectivity index (χ4v) is 2.35. The van der Waals surface area contributed by atoms with Gasteiger partial charge in [0.05, 0.1) is 0 Å². The van der Waals surface area contributed by atoms with Crippen LogP contribution in [-0.2, 0) is 10.2 Å². The Morgan fingerprint density at radius 2 is 1.89 bits per heavy atom. The van der Waals surface area contributed by atoms with Gasteiger partial charge in [0.2, 0.25) is 5.79 Å². The van der Waals surface area contributed by atoms with E-state index in [9.17, 15) is 10.2 Å². The van der Waals surface area contributed by atoms with Gasteiger partial charge in [-0.1, -0.05) is 32.1 Å². The smallest absolute Gasteiger partial charge is 0.217 e.